The Morgan fingerprint density at radius 3 is 2.35 bits per heavy atom. The highest BCUT2D eigenvalue weighted by atomic mass is 35.5. The van der Waals surface area contributed by atoms with Gasteiger partial charge in [-0.3, -0.25) is 4.79 Å². The summed E-state index contributed by atoms with van der Waals surface area (Å²) in [5.74, 6) is 0.906. The van der Waals surface area contributed by atoms with E-state index in [1.807, 2.05) is 18.2 Å². The van der Waals surface area contributed by atoms with Crippen LogP contribution in [0.1, 0.15) is 10.4 Å². The highest BCUT2D eigenvalue weighted by Crippen LogP contribution is 2.37. The Morgan fingerprint density at radius 2 is 1.71 bits per heavy atom. The largest absolute Gasteiger partial charge is 0.454 e. The molecule has 0 radical (unpaired) electrons. The van der Waals surface area contributed by atoms with Crippen LogP contribution in [0.4, 0.5) is 0 Å². The van der Waals surface area contributed by atoms with E-state index in [4.69, 9.17) is 27.9 Å². The van der Waals surface area contributed by atoms with Gasteiger partial charge in [0.25, 0.3) is 0 Å². The second kappa shape index (κ2) is 5.21. The van der Waals surface area contributed by atoms with Gasteiger partial charge in [0.05, 0.1) is 10.0 Å². The Hall–Kier alpha value is -1.51. The molecule has 0 aliphatic rings. The summed E-state index contributed by atoms with van der Waals surface area (Å²) in [5.41, 5.74) is 0.349. The van der Waals surface area contributed by atoms with Gasteiger partial charge in [-0.2, -0.15) is 0 Å². The number of benzene rings is 2. The standard InChI is InChI=1S/C13H8Cl2O2/c14-11-7-6-9(8-16)12(15)13(11)17-10-4-2-1-3-5-10/h1-8H. The van der Waals surface area contributed by atoms with Gasteiger partial charge in [0.1, 0.15) is 5.75 Å². The topological polar surface area (TPSA) is 26.3 Å². The Labute approximate surface area is 109 Å². The first-order chi connectivity index (χ1) is 8.22. The molecule has 17 heavy (non-hydrogen) atoms. The molecule has 0 saturated carbocycles. The van der Waals surface area contributed by atoms with Gasteiger partial charge in [-0.1, -0.05) is 41.4 Å². The maximum Gasteiger partial charge on any atom is 0.165 e. The molecule has 2 aromatic carbocycles. The summed E-state index contributed by atoms with van der Waals surface area (Å²) in [4.78, 5) is 10.8. The average Bonchev–Trinajstić information content (AvgIpc) is 2.36. The number of ether oxygens (including phenoxy) is 1. The second-order valence-electron chi connectivity index (χ2n) is 3.31. The number of carbonyl (C=O) groups is 1. The van der Waals surface area contributed by atoms with Crippen molar-refractivity contribution < 1.29 is 9.53 Å². The van der Waals surface area contributed by atoms with Crippen molar-refractivity contribution in [3.05, 3.63) is 58.1 Å². The number of carbonyl (C=O) groups excluding carboxylic acids is 1. The number of hydrogen-bond donors (Lipinski definition) is 0. The molecule has 0 aliphatic heterocycles. The minimum absolute atomic E-state index is 0.219. The molecule has 0 aliphatic carbocycles. The zero-order chi connectivity index (χ0) is 12.3. The van der Waals surface area contributed by atoms with E-state index in [0.29, 0.717) is 28.4 Å². The third-order valence-corrected chi connectivity index (χ3v) is 2.86. The lowest BCUT2D eigenvalue weighted by Crippen LogP contribution is -1.90. The first kappa shape index (κ1) is 12.0. The predicted octanol–water partition coefficient (Wildman–Crippen LogP) is 4.60. The van der Waals surface area contributed by atoms with Crippen molar-refractivity contribution in [3.63, 3.8) is 0 Å². The van der Waals surface area contributed by atoms with E-state index in [9.17, 15) is 4.79 Å². The molecule has 0 atom stereocenters. The zero-order valence-electron chi connectivity index (χ0n) is 8.69. The van der Waals surface area contributed by atoms with Crippen LogP contribution in [0.25, 0.3) is 0 Å². The lowest BCUT2D eigenvalue weighted by atomic mass is 10.2. The summed E-state index contributed by atoms with van der Waals surface area (Å²) in [5, 5.41) is 0.584. The number of halogens is 2. The van der Waals surface area contributed by atoms with Gasteiger partial charge in [0.2, 0.25) is 0 Å². The van der Waals surface area contributed by atoms with Gasteiger partial charge >= 0.3 is 0 Å². The van der Waals surface area contributed by atoms with Crippen LogP contribution in [-0.4, -0.2) is 6.29 Å². The summed E-state index contributed by atoms with van der Waals surface area (Å²) < 4.78 is 5.56. The molecule has 0 unspecified atom stereocenters. The molecule has 0 spiro atoms. The molecule has 0 aromatic heterocycles. The molecule has 0 saturated heterocycles. The molecule has 2 aromatic rings. The first-order valence-electron chi connectivity index (χ1n) is 4.88. The van der Waals surface area contributed by atoms with Crippen molar-refractivity contribution in [1.82, 2.24) is 0 Å². The van der Waals surface area contributed by atoms with E-state index < -0.39 is 0 Å². The van der Waals surface area contributed by atoms with Crippen LogP contribution in [0.15, 0.2) is 42.5 Å². The van der Waals surface area contributed by atoms with Gasteiger partial charge in [-0.05, 0) is 24.3 Å². The van der Waals surface area contributed by atoms with E-state index in [-0.39, 0.29) is 5.02 Å². The van der Waals surface area contributed by atoms with Crippen LogP contribution in [0.2, 0.25) is 10.0 Å². The molecule has 2 rings (SSSR count). The maximum atomic E-state index is 10.8. The van der Waals surface area contributed by atoms with E-state index >= 15 is 0 Å². The van der Waals surface area contributed by atoms with Crippen molar-refractivity contribution in [3.8, 4) is 11.5 Å². The van der Waals surface area contributed by atoms with E-state index in [0.717, 1.165) is 0 Å². The van der Waals surface area contributed by atoms with Crippen molar-refractivity contribution in [2.75, 3.05) is 0 Å². The van der Waals surface area contributed by atoms with Gasteiger partial charge in [-0.25, -0.2) is 0 Å². The third kappa shape index (κ3) is 2.60. The third-order valence-electron chi connectivity index (χ3n) is 2.17. The molecule has 0 N–H and O–H groups in total. The van der Waals surface area contributed by atoms with Crippen molar-refractivity contribution in [1.29, 1.82) is 0 Å². The Balaban J connectivity index is 2.42. The molecule has 4 heteroatoms. The van der Waals surface area contributed by atoms with Crippen LogP contribution in [0.5, 0.6) is 11.5 Å². The lowest BCUT2D eigenvalue weighted by molar-refractivity contribution is 0.112. The predicted molar refractivity (Wildman–Crippen MR) is 68.4 cm³/mol. The highest BCUT2D eigenvalue weighted by molar-refractivity contribution is 6.38. The number of para-hydroxylation sites is 1. The minimum Gasteiger partial charge on any atom is -0.454 e. The summed E-state index contributed by atoms with van der Waals surface area (Å²) in [6.45, 7) is 0. The van der Waals surface area contributed by atoms with Crippen LogP contribution in [-0.2, 0) is 0 Å². The van der Waals surface area contributed by atoms with E-state index in [1.54, 1.807) is 24.3 Å². The zero-order valence-corrected chi connectivity index (χ0v) is 10.2. The fraction of sp³-hybridized carbons (Fsp3) is 0. The van der Waals surface area contributed by atoms with Crippen LogP contribution < -0.4 is 4.74 Å². The number of aldehydes is 1. The van der Waals surface area contributed by atoms with Crippen LogP contribution in [0, 0.1) is 0 Å². The van der Waals surface area contributed by atoms with E-state index in [1.165, 1.54) is 0 Å². The summed E-state index contributed by atoms with van der Waals surface area (Å²) >= 11 is 12.0. The Kier molecular flexibility index (Phi) is 3.67. The lowest BCUT2D eigenvalue weighted by Gasteiger charge is -2.10. The molecule has 0 bridgehead atoms. The monoisotopic (exact) mass is 266 g/mol. The molecule has 2 nitrogen and oxygen atoms in total. The fourth-order valence-electron chi connectivity index (χ4n) is 1.34. The Bertz CT molecular complexity index is 539. The summed E-state index contributed by atoms with van der Waals surface area (Å²) in [6, 6.07) is 12.2. The molecule has 0 amide bonds. The second-order valence-corrected chi connectivity index (χ2v) is 4.10. The molecular weight excluding hydrogens is 259 g/mol. The number of hydrogen-bond acceptors (Lipinski definition) is 2. The van der Waals surface area contributed by atoms with Gasteiger partial charge in [-0.15, -0.1) is 0 Å². The fourth-order valence-corrected chi connectivity index (χ4v) is 1.83. The van der Waals surface area contributed by atoms with Crippen LogP contribution >= 0.6 is 23.2 Å². The first-order valence-corrected chi connectivity index (χ1v) is 5.64. The summed E-state index contributed by atoms with van der Waals surface area (Å²) in [6.07, 6.45) is 0.663. The molecule has 86 valence electrons. The molecular formula is C13H8Cl2O2. The van der Waals surface area contributed by atoms with Gasteiger partial charge < -0.3 is 4.74 Å². The van der Waals surface area contributed by atoms with E-state index in [2.05, 4.69) is 0 Å². The smallest absolute Gasteiger partial charge is 0.165 e. The highest BCUT2D eigenvalue weighted by Gasteiger charge is 2.12. The quantitative estimate of drug-likeness (QED) is 0.760. The number of rotatable bonds is 3. The molecule has 0 fully saturated rings. The minimum atomic E-state index is 0.219. The van der Waals surface area contributed by atoms with Crippen LogP contribution in [0.3, 0.4) is 0 Å². The Morgan fingerprint density at radius 1 is 1.00 bits per heavy atom. The normalized spacial score (nSPS) is 10.0. The van der Waals surface area contributed by atoms with Crippen molar-refractivity contribution >= 4 is 29.5 Å². The summed E-state index contributed by atoms with van der Waals surface area (Å²) in [7, 11) is 0. The molecule has 0 heterocycles. The SMILES string of the molecule is O=Cc1ccc(Cl)c(Oc2ccccc2)c1Cl. The van der Waals surface area contributed by atoms with Crippen molar-refractivity contribution in [2.24, 2.45) is 0 Å². The van der Waals surface area contributed by atoms with Crippen molar-refractivity contribution in [2.45, 2.75) is 0 Å². The average molecular weight is 267 g/mol. The van der Waals surface area contributed by atoms with Gasteiger partial charge in [0, 0.05) is 5.56 Å². The van der Waals surface area contributed by atoms with Gasteiger partial charge in [0.15, 0.2) is 12.0 Å². The maximum absolute atomic E-state index is 10.8.